The lowest BCUT2D eigenvalue weighted by molar-refractivity contribution is 0.625. The van der Waals surface area contributed by atoms with Crippen LogP contribution < -0.4 is 5.43 Å². The summed E-state index contributed by atoms with van der Waals surface area (Å²) < 4.78 is 13.4. The van der Waals surface area contributed by atoms with E-state index in [1.165, 1.54) is 12.3 Å². The third-order valence-electron chi connectivity index (χ3n) is 2.41. The van der Waals surface area contributed by atoms with Gasteiger partial charge >= 0.3 is 0 Å². The number of halogens is 2. The van der Waals surface area contributed by atoms with Gasteiger partial charge in [-0.3, -0.25) is 0 Å². The third-order valence-corrected chi connectivity index (χ3v) is 2.74. The molecule has 2 rings (SSSR count). The molecule has 0 fully saturated rings. The molecule has 0 aromatic heterocycles. The maximum atomic E-state index is 13.4. The Morgan fingerprint density at radius 3 is 2.61 bits per heavy atom. The van der Waals surface area contributed by atoms with Crippen LogP contribution in [0, 0.1) is 5.82 Å². The third kappa shape index (κ3) is 3.31. The number of rotatable bonds is 4. The van der Waals surface area contributed by atoms with Crippen LogP contribution in [0.3, 0.4) is 0 Å². The lowest BCUT2D eigenvalue weighted by Crippen LogP contribution is -2.05. The molecule has 0 saturated heterocycles. The molecule has 92 valence electrons. The predicted molar refractivity (Wildman–Crippen MR) is 72.3 cm³/mol. The van der Waals surface area contributed by atoms with Gasteiger partial charge in [0.15, 0.2) is 0 Å². The van der Waals surface area contributed by atoms with Gasteiger partial charge in [0.05, 0.1) is 17.8 Å². The van der Waals surface area contributed by atoms with Crippen molar-refractivity contribution in [2.45, 2.75) is 6.54 Å². The molecule has 2 aromatic rings. The maximum absolute atomic E-state index is 13.4. The van der Waals surface area contributed by atoms with Gasteiger partial charge in [-0.2, -0.15) is 5.10 Å². The number of benzene rings is 2. The number of nitrogens with one attached hydrogen (secondary N) is 1. The lowest BCUT2D eigenvalue weighted by atomic mass is 10.2. The van der Waals surface area contributed by atoms with Crippen LogP contribution in [-0.4, -0.2) is 6.21 Å². The van der Waals surface area contributed by atoms with Crippen LogP contribution in [0.5, 0.6) is 0 Å². The second-order valence-electron chi connectivity index (χ2n) is 3.71. The molecule has 18 heavy (non-hydrogen) atoms. The Bertz CT molecular complexity index is 520. The van der Waals surface area contributed by atoms with Gasteiger partial charge in [-0.05, 0) is 17.7 Å². The summed E-state index contributed by atoms with van der Waals surface area (Å²) in [5, 5.41) is 4.31. The molecule has 0 radical (unpaired) electrons. The Balaban J connectivity index is 1.96. The Morgan fingerprint density at radius 2 is 1.89 bits per heavy atom. The van der Waals surface area contributed by atoms with Gasteiger partial charge in [0.2, 0.25) is 0 Å². The summed E-state index contributed by atoms with van der Waals surface area (Å²) in [7, 11) is 0. The predicted octanol–water partition coefficient (Wildman–Crippen LogP) is 3.60. The van der Waals surface area contributed by atoms with Crippen molar-refractivity contribution in [1.29, 1.82) is 0 Å². The first-order chi connectivity index (χ1) is 8.77. The van der Waals surface area contributed by atoms with Gasteiger partial charge in [-0.15, -0.1) is 0 Å². The average molecular weight is 263 g/mol. The normalized spacial score (nSPS) is 10.8. The van der Waals surface area contributed by atoms with Crippen LogP contribution in [0.4, 0.5) is 4.39 Å². The highest BCUT2D eigenvalue weighted by molar-refractivity contribution is 6.33. The number of nitrogens with zero attached hydrogens (tertiary/aromatic N) is 1. The van der Waals surface area contributed by atoms with Crippen LogP contribution in [0.25, 0.3) is 0 Å². The van der Waals surface area contributed by atoms with Crippen molar-refractivity contribution >= 4 is 17.8 Å². The molecule has 0 aliphatic rings. The standard InChI is InChI=1S/C14H12ClFN2/c15-13-7-4-8-14(16)12(13)10-18-17-9-11-5-2-1-3-6-11/h1-8,10,17H,9H2. The fourth-order valence-corrected chi connectivity index (χ4v) is 1.69. The maximum Gasteiger partial charge on any atom is 0.133 e. The van der Waals surface area contributed by atoms with Crippen molar-refractivity contribution < 1.29 is 4.39 Å². The second kappa shape index (κ2) is 6.17. The topological polar surface area (TPSA) is 24.4 Å². The van der Waals surface area contributed by atoms with Crippen molar-refractivity contribution in [2.75, 3.05) is 0 Å². The smallest absolute Gasteiger partial charge is 0.133 e. The Morgan fingerprint density at radius 1 is 1.11 bits per heavy atom. The zero-order chi connectivity index (χ0) is 12.8. The van der Waals surface area contributed by atoms with E-state index in [0.717, 1.165) is 5.56 Å². The molecule has 2 aromatic carbocycles. The zero-order valence-corrected chi connectivity index (χ0v) is 10.4. The Hall–Kier alpha value is -1.87. The first kappa shape index (κ1) is 12.6. The Kier molecular flexibility index (Phi) is 4.31. The SMILES string of the molecule is Fc1cccc(Cl)c1C=NNCc1ccccc1. The summed E-state index contributed by atoms with van der Waals surface area (Å²) in [5.74, 6) is -0.382. The van der Waals surface area contributed by atoms with E-state index in [9.17, 15) is 4.39 Å². The van der Waals surface area contributed by atoms with Gasteiger partial charge in [-0.25, -0.2) is 4.39 Å². The van der Waals surface area contributed by atoms with Crippen LogP contribution in [-0.2, 0) is 6.54 Å². The molecular weight excluding hydrogens is 251 g/mol. The lowest BCUT2D eigenvalue weighted by Gasteiger charge is -2.01. The van der Waals surface area contributed by atoms with Crippen LogP contribution in [0.15, 0.2) is 53.6 Å². The number of hydrogen-bond acceptors (Lipinski definition) is 2. The summed E-state index contributed by atoms with van der Waals surface area (Å²) in [4.78, 5) is 0. The molecule has 0 bridgehead atoms. The molecule has 0 aliphatic carbocycles. The van der Waals surface area contributed by atoms with Crippen molar-refractivity contribution in [3.8, 4) is 0 Å². The van der Waals surface area contributed by atoms with Crippen LogP contribution in [0.2, 0.25) is 5.02 Å². The fraction of sp³-hybridized carbons (Fsp3) is 0.0714. The highest BCUT2D eigenvalue weighted by Crippen LogP contribution is 2.16. The molecule has 1 N–H and O–H groups in total. The molecule has 0 atom stereocenters. The first-order valence-electron chi connectivity index (χ1n) is 5.51. The van der Waals surface area contributed by atoms with E-state index in [-0.39, 0.29) is 5.82 Å². The second-order valence-corrected chi connectivity index (χ2v) is 4.12. The molecule has 0 aliphatic heterocycles. The molecule has 0 unspecified atom stereocenters. The van der Waals surface area contributed by atoms with E-state index in [1.54, 1.807) is 12.1 Å². The van der Waals surface area contributed by atoms with Crippen molar-refractivity contribution in [3.63, 3.8) is 0 Å². The molecule has 0 heterocycles. The first-order valence-corrected chi connectivity index (χ1v) is 5.89. The van der Waals surface area contributed by atoms with Gasteiger partial charge in [-0.1, -0.05) is 48.0 Å². The van der Waals surface area contributed by atoms with Gasteiger partial charge in [0.25, 0.3) is 0 Å². The van der Waals surface area contributed by atoms with E-state index < -0.39 is 0 Å². The highest BCUT2D eigenvalue weighted by atomic mass is 35.5. The summed E-state index contributed by atoms with van der Waals surface area (Å²) >= 11 is 5.87. The minimum Gasteiger partial charge on any atom is -0.306 e. The van der Waals surface area contributed by atoms with E-state index in [2.05, 4.69) is 10.5 Å². The Labute approximate surface area is 110 Å². The van der Waals surface area contributed by atoms with Gasteiger partial charge < -0.3 is 5.43 Å². The average Bonchev–Trinajstić information content (AvgIpc) is 2.38. The minimum absolute atomic E-state index is 0.291. The summed E-state index contributed by atoms with van der Waals surface area (Å²) in [6, 6.07) is 14.4. The van der Waals surface area contributed by atoms with Crippen molar-refractivity contribution in [3.05, 3.63) is 70.5 Å². The molecular formula is C14H12ClFN2. The fourth-order valence-electron chi connectivity index (χ4n) is 1.48. The van der Waals surface area contributed by atoms with E-state index >= 15 is 0 Å². The number of hydrogen-bond donors (Lipinski definition) is 1. The van der Waals surface area contributed by atoms with Crippen LogP contribution >= 0.6 is 11.6 Å². The molecule has 2 nitrogen and oxygen atoms in total. The molecule has 4 heteroatoms. The molecule has 0 spiro atoms. The summed E-state index contributed by atoms with van der Waals surface area (Å²) in [6.07, 6.45) is 1.39. The number of hydrazone groups is 1. The minimum atomic E-state index is -0.382. The quantitative estimate of drug-likeness (QED) is 0.661. The van der Waals surface area contributed by atoms with Gasteiger partial charge in [0, 0.05) is 5.56 Å². The van der Waals surface area contributed by atoms with Crippen LogP contribution in [0.1, 0.15) is 11.1 Å². The van der Waals surface area contributed by atoms with Gasteiger partial charge in [0.1, 0.15) is 5.82 Å². The zero-order valence-electron chi connectivity index (χ0n) is 9.61. The summed E-state index contributed by atoms with van der Waals surface area (Å²) in [6.45, 7) is 0.587. The largest absolute Gasteiger partial charge is 0.306 e. The van der Waals surface area contributed by atoms with Crippen molar-refractivity contribution in [2.24, 2.45) is 5.10 Å². The highest BCUT2D eigenvalue weighted by Gasteiger charge is 2.02. The van der Waals surface area contributed by atoms with E-state index in [0.29, 0.717) is 17.1 Å². The van der Waals surface area contributed by atoms with E-state index in [1.807, 2.05) is 30.3 Å². The summed E-state index contributed by atoms with van der Waals surface area (Å²) in [5.41, 5.74) is 4.25. The molecule has 0 amide bonds. The monoisotopic (exact) mass is 262 g/mol. The van der Waals surface area contributed by atoms with E-state index in [4.69, 9.17) is 11.6 Å². The molecule has 0 saturated carbocycles. The van der Waals surface area contributed by atoms with Crippen molar-refractivity contribution in [1.82, 2.24) is 5.43 Å².